The van der Waals surface area contributed by atoms with Crippen molar-refractivity contribution in [3.05, 3.63) is 77.3 Å². The molecule has 186 valence electrons. The molecule has 5 rings (SSSR count). The maximum Gasteiger partial charge on any atom is 0.433 e. The van der Waals surface area contributed by atoms with Crippen LogP contribution in [0, 0.1) is 0 Å². The summed E-state index contributed by atoms with van der Waals surface area (Å²) < 4.78 is 50.9. The molecule has 2 aromatic carbocycles. The first kappa shape index (κ1) is 23.8. The quantitative estimate of drug-likeness (QED) is 0.418. The van der Waals surface area contributed by atoms with Gasteiger partial charge in [-0.15, -0.1) is 0 Å². The number of hydrogen-bond donors (Lipinski definition) is 1. The second kappa shape index (κ2) is 9.27. The Morgan fingerprint density at radius 2 is 1.92 bits per heavy atom. The highest BCUT2D eigenvalue weighted by Crippen LogP contribution is 2.37. The first-order valence-corrected chi connectivity index (χ1v) is 11.4. The standard InChI is InChI=1S/C26H23F3N4O3/c1-35-19-9-7-18(17-8-10-21(26(27,28)29)31-22(17)19)24-32-23(20(13-30)36-24)25(34)33-12-11-16(14-33)15-5-3-2-4-6-15/h2-10,16H,11-14,30H2,1H3. The van der Waals surface area contributed by atoms with Gasteiger partial charge in [0.1, 0.15) is 17.0 Å². The fourth-order valence-electron chi connectivity index (χ4n) is 4.57. The molecule has 0 aliphatic carbocycles. The number of alkyl halides is 3. The molecule has 3 heterocycles. The van der Waals surface area contributed by atoms with E-state index in [0.29, 0.717) is 24.0 Å². The van der Waals surface area contributed by atoms with Gasteiger partial charge in [-0.3, -0.25) is 4.79 Å². The number of carbonyl (C=O) groups excluding carboxylic acids is 1. The molecule has 0 radical (unpaired) electrons. The molecule has 1 atom stereocenters. The van der Waals surface area contributed by atoms with Gasteiger partial charge in [-0.1, -0.05) is 30.3 Å². The molecule has 36 heavy (non-hydrogen) atoms. The fraction of sp³-hybridized carbons (Fsp3) is 0.269. The molecule has 2 aromatic heterocycles. The van der Waals surface area contributed by atoms with Gasteiger partial charge in [-0.05, 0) is 36.2 Å². The second-order valence-electron chi connectivity index (χ2n) is 8.55. The molecule has 1 unspecified atom stereocenters. The molecule has 0 bridgehead atoms. The number of amides is 1. The molecule has 1 fully saturated rings. The third-order valence-electron chi connectivity index (χ3n) is 6.39. The van der Waals surface area contributed by atoms with Crippen LogP contribution in [0.2, 0.25) is 0 Å². The minimum Gasteiger partial charge on any atom is -0.494 e. The van der Waals surface area contributed by atoms with Crippen molar-refractivity contribution < 1.29 is 27.1 Å². The number of ether oxygens (including phenoxy) is 1. The van der Waals surface area contributed by atoms with E-state index in [9.17, 15) is 18.0 Å². The predicted octanol–water partition coefficient (Wildman–Crippen LogP) is 5.01. The molecule has 1 aliphatic heterocycles. The third-order valence-corrected chi connectivity index (χ3v) is 6.39. The molecule has 2 N–H and O–H groups in total. The van der Waals surface area contributed by atoms with Crippen LogP contribution in [0.3, 0.4) is 0 Å². The lowest BCUT2D eigenvalue weighted by Crippen LogP contribution is -2.29. The number of aromatic nitrogens is 2. The van der Waals surface area contributed by atoms with Crippen molar-refractivity contribution in [3.8, 4) is 17.2 Å². The number of nitrogens with zero attached hydrogens (tertiary/aromatic N) is 3. The maximum absolute atomic E-state index is 13.4. The Kier molecular flexibility index (Phi) is 6.13. The van der Waals surface area contributed by atoms with Gasteiger partial charge in [0.2, 0.25) is 5.89 Å². The maximum atomic E-state index is 13.4. The molecule has 1 saturated heterocycles. The number of rotatable bonds is 5. The summed E-state index contributed by atoms with van der Waals surface area (Å²) in [5, 5.41) is 0.344. The van der Waals surface area contributed by atoms with Crippen LogP contribution in [0.15, 0.2) is 59.0 Å². The van der Waals surface area contributed by atoms with E-state index >= 15 is 0 Å². The zero-order chi connectivity index (χ0) is 25.4. The molecule has 7 nitrogen and oxygen atoms in total. The summed E-state index contributed by atoms with van der Waals surface area (Å²) in [6, 6.07) is 15.3. The summed E-state index contributed by atoms with van der Waals surface area (Å²) in [7, 11) is 1.35. The van der Waals surface area contributed by atoms with Crippen LogP contribution < -0.4 is 10.5 Å². The van der Waals surface area contributed by atoms with E-state index in [-0.39, 0.29) is 47.0 Å². The van der Waals surface area contributed by atoms with E-state index in [1.165, 1.54) is 24.8 Å². The van der Waals surface area contributed by atoms with Gasteiger partial charge >= 0.3 is 6.18 Å². The van der Waals surface area contributed by atoms with Crippen LogP contribution in [0.4, 0.5) is 13.2 Å². The molecule has 10 heteroatoms. The largest absolute Gasteiger partial charge is 0.494 e. The van der Waals surface area contributed by atoms with Gasteiger partial charge in [0.05, 0.1) is 13.7 Å². The van der Waals surface area contributed by atoms with Crippen molar-refractivity contribution in [2.24, 2.45) is 5.73 Å². The summed E-state index contributed by atoms with van der Waals surface area (Å²) in [6.45, 7) is 1.06. The highest BCUT2D eigenvalue weighted by molar-refractivity contribution is 5.98. The van der Waals surface area contributed by atoms with Gasteiger partial charge in [-0.25, -0.2) is 9.97 Å². The summed E-state index contributed by atoms with van der Waals surface area (Å²) in [5.74, 6) is 0.390. The highest BCUT2D eigenvalue weighted by atomic mass is 19.4. The zero-order valence-corrected chi connectivity index (χ0v) is 19.4. The van der Waals surface area contributed by atoms with Crippen molar-refractivity contribution in [1.29, 1.82) is 0 Å². The number of carbonyl (C=O) groups is 1. The summed E-state index contributed by atoms with van der Waals surface area (Å²) in [5.41, 5.74) is 6.48. The summed E-state index contributed by atoms with van der Waals surface area (Å²) >= 11 is 0. The van der Waals surface area contributed by atoms with Crippen LogP contribution in [0.1, 0.15) is 39.8 Å². The second-order valence-corrected chi connectivity index (χ2v) is 8.55. The molecule has 1 aliphatic rings. The topological polar surface area (TPSA) is 94.5 Å². The van der Waals surface area contributed by atoms with E-state index in [1.54, 1.807) is 11.0 Å². The van der Waals surface area contributed by atoms with Crippen molar-refractivity contribution in [1.82, 2.24) is 14.9 Å². The van der Waals surface area contributed by atoms with Crippen molar-refractivity contribution >= 4 is 16.8 Å². The number of likely N-dealkylation sites (tertiary alicyclic amines) is 1. The monoisotopic (exact) mass is 496 g/mol. The predicted molar refractivity (Wildman–Crippen MR) is 126 cm³/mol. The third kappa shape index (κ3) is 4.28. The SMILES string of the molecule is COc1ccc(-c2nc(C(=O)N3CCC(c4ccccc4)C3)c(CN)o2)c2ccc(C(F)(F)F)nc12. The number of halogens is 3. The summed E-state index contributed by atoms with van der Waals surface area (Å²) in [4.78, 5) is 23.3. The number of oxazole rings is 1. The minimum absolute atomic E-state index is 0.00967. The van der Waals surface area contributed by atoms with Crippen LogP contribution in [0.25, 0.3) is 22.4 Å². The van der Waals surface area contributed by atoms with Gasteiger partial charge < -0.3 is 19.8 Å². The van der Waals surface area contributed by atoms with E-state index in [1.807, 2.05) is 30.3 Å². The molecule has 0 saturated carbocycles. The first-order valence-electron chi connectivity index (χ1n) is 11.4. The number of fused-ring (bicyclic) bond motifs is 1. The Balaban J connectivity index is 1.50. The van der Waals surface area contributed by atoms with Gasteiger partial charge in [0.15, 0.2) is 11.5 Å². The van der Waals surface area contributed by atoms with Crippen molar-refractivity contribution in [3.63, 3.8) is 0 Å². The fourth-order valence-corrected chi connectivity index (χ4v) is 4.57. The highest BCUT2D eigenvalue weighted by Gasteiger charge is 2.34. The molecular weight excluding hydrogens is 473 g/mol. The molecule has 4 aromatic rings. The Hall–Kier alpha value is -3.92. The van der Waals surface area contributed by atoms with E-state index in [4.69, 9.17) is 14.9 Å². The van der Waals surface area contributed by atoms with Crippen molar-refractivity contribution in [2.45, 2.75) is 25.1 Å². The average molecular weight is 496 g/mol. The minimum atomic E-state index is -4.61. The Bertz CT molecular complexity index is 1420. The first-order chi connectivity index (χ1) is 17.3. The number of pyridine rings is 1. The Morgan fingerprint density at radius 1 is 1.14 bits per heavy atom. The van der Waals surface area contributed by atoms with Crippen LogP contribution >= 0.6 is 0 Å². The zero-order valence-electron chi connectivity index (χ0n) is 19.4. The Morgan fingerprint density at radius 3 is 2.61 bits per heavy atom. The smallest absolute Gasteiger partial charge is 0.433 e. The lowest BCUT2D eigenvalue weighted by molar-refractivity contribution is -0.140. The van der Waals surface area contributed by atoms with Crippen LogP contribution in [-0.2, 0) is 12.7 Å². The van der Waals surface area contributed by atoms with Gasteiger partial charge in [0.25, 0.3) is 5.91 Å². The average Bonchev–Trinajstić information content (AvgIpc) is 3.55. The van der Waals surface area contributed by atoms with E-state index < -0.39 is 11.9 Å². The van der Waals surface area contributed by atoms with Crippen LogP contribution in [-0.4, -0.2) is 41.0 Å². The van der Waals surface area contributed by atoms with E-state index in [0.717, 1.165) is 12.5 Å². The molecular formula is C26H23F3N4O3. The van der Waals surface area contributed by atoms with Crippen molar-refractivity contribution in [2.75, 3.05) is 20.2 Å². The molecule has 1 amide bonds. The number of nitrogens with two attached hydrogens (primary N) is 1. The lowest BCUT2D eigenvalue weighted by atomic mass is 9.99. The summed E-state index contributed by atoms with van der Waals surface area (Å²) in [6.07, 6.45) is -3.79. The van der Waals surface area contributed by atoms with E-state index in [2.05, 4.69) is 9.97 Å². The van der Waals surface area contributed by atoms with Crippen LogP contribution in [0.5, 0.6) is 5.75 Å². The van der Waals surface area contributed by atoms with Gasteiger partial charge in [-0.2, -0.15) is 13.2 Å². The molecule has 0 spiro atoms. The lowest BCUT2D eigenvalue weighted by Gasteiger charge is -2.15. The number of hydrogen-bond acceptors (Lipinski definition) is 6. The number of methoxy groups -OCH3 is 1. The normalized spacial score (nSPS) is 16.0. The van der Waals surface area contributed by atoms with Gasteiger partial charge in [0, 0.05) is 30.0 Å². The number of benzene rings is 2. The Labute approximate surface area is 204 Å².